The maximum atomic E-state index is 11.9. The highest BCUT2D eigenvalue weighted by Crippen LogP contribution is 2.13. The molecule has 1 unspecified atom stereocenters. The fourth-order valence-electron chi connectivity index (χ4n) is 2.04. The second-order valence-corrected chi connectivity index (χ2v) is 6.93. The molecule has 0 radical (unpaired) electrons. The minimum absolute atomic E-state index is 0.00858. The Balaban J connectivity index is 2.76. The monoisotopic (exact) mass is 271 g/mol. The minimum Gasteiger partial charge on any atom is -0.396 e. The highest BCUT2D eigenvalue weighted by Gasteiger charge is 2.17. The maximum absolute atomic E-state index is 11.9. The lowest BCUT2D eigenvalue weighted by Gasteiger charge is -2.11. The van der Waals surface area contributed by atoms with Crippen LogP contribution < -0.4 is 5.73 Å². The quantitative estimate of drug-likeness (QED) is 0.806. The van der Waals surface area contributed by atoms with Crippen LogP contribution in [0, 0.1) is 13.8 Å². The van der Waals surface area contributed by atoms with Crippen LogP contribution in [0.2, 0.25) is 0 Å². The van der Waals surface area contributed by atoms with E-state index in [9.17, 15) is 8.42 Å². The molecule has 0 aromatic heterocycles. The van der Waals surface area contributed by atoms with E-state index in [0.29, 0.717) is 6.42 Å². The zero-order chi connectivity index (χ0) is 13.8. The largest absolute Gasteiger partial charge is 0.396 e. The standard InChI is InChI=1S/C13H21NO3S/c1-10-5-11(2)7-12(6-10)8-18(16,17)9-13(14)3-4-15/h5-7,13,15H,3-4,8-9,14H2,1-2H3. The molecule has 18 heavy (non-hydrogen) atoms. The Labute approximate surface area is 109 Å². The first-order valence-electron chi connectivity index (χ1n) is 5.96. The van der Waals surface area contributed by atoms with Crippen molar-refractivity contribution in [2.45, 2.75) is 32.1 Å². The second-order valence-electron chi connectivity index (χ2n) is 4.82. The van der Waals surface area contributed by atoms with Gasteiger partial charge in [-0.25, -0.2) is 8.42 Å². The van der Waals surface area contributed by atoms with Gasteiger partial charge in [-0.2, -0.15) is 0 Å². The molecule has 0 saturated carbocycles. The average molecular weight is 271 g/mol. The summed E-state index contributed by atoms with van der Waals surface area (Å²) in [6.45, 7) is 3.81. The predicted octanol–water partition coefficient (Wildman–Crippen LogP) is 0.928. The molecule has 0 aliphatic heterocycles. The van der Waals surface area contributed by atoms with Gasteiger partial charge in [-0.1, -0.05) is 29.3 Å². The number of sulfone groups is 1. The van der Waals surface area contributed by atoms with Crippen molar-refractivity contribution in [3.05, 3.63) is 34.9 Å². The normalized spacial score (nSPS) is 13.6. The van der Waals surface area contributed by atoms with Gasteiger partial charge in [-0.3, -0.25) is 0 Å². The molecule has 0 aliphatic carbocycles. The van der Waals surface area contributed by atoms with Crippen molar-refractivity contribution in [3.63, 3.8) is 0 Å². The fourth-order valence-corrected chi connectivity index (χ4v) is 3.65. The molecular weight excluding hydrogens is 250 g/mol. The van der Waals surface area contributed by atoms with Gasteiger partial charge in [-0.05, 0) is 25.8 Å². The number of hydrogen-bond donors (Lipinski definition) is 2. The average Bonchev–Trinajstić information content (AvgIpc) is 2.13. The van der Waals surface area contributed by atoms with E-state index in [2.05, 4.69) is 0 Å². The number of hydrogen-bond acceptors (Lipinski definition) is 4. The van der Waals surface area contributed by atoms with Gasteiger partial charge in [-0.15, -0.1) is 0 Å². The summed E-state index contributed by atoms with van der Waals surface area (Å²) in [5.41, 5.74) is 8.55. The van der Waals surface area contributed by atoms with Gasteiger partial charge in [0, 0.05) is 12.6 Å². The molecule has 102 valence electrons. The smallest absolute Gasteiger partial charge is 0.155 e. The van der Waals surface area contributed by atoms with Crippen LogP contribution in [-0.4, -0.2) is 31.9 Å². The summed E-state index contributed by atoms with van der Waals surface area (Å²) in [7, 11) is -3.23. The molecule has 0 amide bonds. The summed E-state index contributed by atoms with van der Waals surface area (Å²) < 4.78 is 23.9. The zero-order valence-corrected chi connectivity index (χ0v) is 11.7. The van der Waals surface area contributed by atoms with Crippen molar-refractivity contribution < 1.29 is 13.5 Å². The third-order valence-electron chi connectivity index (χ3n) is 2.64. The van der Waals surface area contributed by atoms with Crippen LogP contribution in [0.4, 0.5) is 0 Å². The second kappa shape index (κ2) is 6.31. The van der Waals surface area contributed by atoms with Gasteiger partial charge in [0.1, 0.15) is 0 Å². The SMILES string of the molecule is Cc1cc(C)cc(CS(=O)(=O)CC(N)CCO)c1. The van der Waals surface area contributed by atoms with E-state index in [1.54, 1.807) is 0 Å². The van der Waals surface area contributed by atoms with Gasteiger partial charge in [0.05, 0.1) is 11.5 Å². The van der Waals surface area contributed by atoms with Gasteiger partial charge in [0.2, 0.25) is 0 Å². The van der Waals surface area contributed by atoms with E-state index in [-0.39, 0.29) is 18.1 Å². The van der Waals surface area contributed by atoms with Crippen molar-refractivity contribution in [1.82, 2.24) is 0 Å². The Kier molecular flexibility index (Phi) is 5.31. The number of aryl methyl sites for hydroxylation is 2. The molecule has 4 nitrogen and oxygen atoms in total. The Bertz CT molecular complexity index is 477. The van der Waals surface area contributed by atoms with Crippen molar-refractivity contribution >= 4 is 9.84 Å². The molecule has 0 saturated heterocycles. The summed E-state index contributed by atoms with van der Waals surface area (Å²) in [6, 6.07) is 5.27. The van der Waals surface area contributed by atoms with E-state index < -0.39 is 15.9 Å². The highest BCUT2D eigenvalue weighted by molar-refractivity contribution is 7.90. The number of benzene rings is 1. The number of nitrogens with two attached hydrogens (primary N) is 1. The number of aliphatic hydroxyl groups is 1. The van der Waals surface area contributed by atoms with Crippen LogP contribution in [-0.2, 0) is 15.6 Å². The Morgan fingerprint density at radius 2 is 1.78 bits per heavy atom. The zero-order valence-electron chi connectivity index (χ0n) is 10.9. The summed E-state index contributed by atoms with van der Waals surface area (Å²) in [6.07, 6.45) is 0.312. The molecule has 1 rings (SSSR count). The first-order chi connectivity index (χ1) is 8.32. The molecule has 5 heteroatoms. The Morgan fingerprint density at radius 1 is 1.22 bits per heavy atom. The van der Waals surface area contributed by atoms with Crippen LogP contribution in [0.3, 0.4) is 0 Å². The number of aliphatic hydroxyl groups excluding tert-OH is 1. The van der Waals surface area contributed by atoms with Crippen molar-refractivity contribution in [2.75, 3.05) is 12.4 Å². The van der Waals surface area contributed by atoms with Crippen LogP contribution in [0.15, 0.2) is 18.2 Å². The van der Waals surface area contributed by atoms with Crippen LogP contribution in [0.1, 0.15) is 23.1 Å². The van der Waals surface area contributed by atoms with Gasteiger partial charge in [0.15, 0.2) is 9.84 Å². The fraction of sp³-hybridized carbons (Fsp3) is 0.538. The van der Waals surface area contributed by atoms with Crippen LogP contribution in [0.5, 0.6) is 0 Å². The van der Waals surface area contributed by atoms with E-state index in [1.807, 2.05) is 32.0 Å². The molecule has 1 aromatic carbocycles. The molecule has 0 heterocycles. The van der Waals surface area contributed by atoms with E-state index in [4.69, 9.17) is 10.8 Å². The molecule has 0 fully saturated rings. The summed E-state index contributed by atoms with van der Waals surface area (Å²) in [4.78, 5) is 0. The third-order valence-corrected chi connectivity index (χ3v) is 4.35. The molecule has 3 N–H and O–H groups in total. The van der Waals surface area contributed by atoms with E-state index >= 15 is 0 Å². The summed E-state index contributed by atoms with van der Waals surface area (Å²) >= 11 is 0. The molecule has 0 aliphatic rings. The lowest BCUT2D eigenvalue weighted by molar-refractivity contribution is 0.279. The number of rotatable bonds is 6. The van der Waals surface area contributed by atoms with E-state index in [0.717, 1.165) is 16.7 Å². The third kappa shape index (κ3) is 5.16. The molecular formula is C13H21NO3S. The summed E-state index contributed by atoms with van der Waals surface area (Å²) in [5.74, 6) is -0.0742. The van der Waals surface area contributed by atoms with Crippen molar-refractivity contribution in [1.29, 1.82) is 0 Å². The molecule has 0 bridgehead atoms. The van der Waals surface area contributed by atoms with Gasteiger partial charge < -0.3 is 10.8 Å². The van der Waals surface area contributed by atoms with Gasteiger partial charge >= 0.3 is 0 Å². The molecule has 1 atom stereocenters. The minimum atomic E-state index is -3.23. The van der Waals surface area contributed by atoms with E-state index in [1.165, 1.54) is 0 Å². The van der Waals surface area contributed by atoms with Gasteiger partial charge in [0.25, 0.3) is 0 Å². The lowest BCUT2D eigenvalue weighted by atomic mass is 10.1. The first-order valence-corrected chi connectivity index (χ1v) is 7.78. The van der Waals surface area contributed by atoms with Crippen molar-refractivity contribution in [3.8, 4) is 0 Å². The highest BCUT2D eigenvalue weighted by atomic mass is 32.2. The van der Waals surface area contributed by atoms with Crippen molar-refractivity contribution in [2.24, 2.45) is 5.73 Å². The Hall–Kier alpha value is -0.910. The predicted molar refractivity (Wildman–Crippen MR) is 73.1 cm³/mol. The lowest BCUT2D eigenvalue weighted by Crippen LogP contribution is -2.31. The topological polar surface area (TPSA) is 80.4 Å². The molecule has 1 aromatic rings. The first kappa shape index (κ1) is 15.1. The van der Waals surface area contributed by atoms with Crippen LogP contribution in [0.25, 0.3) is 0 Å². The Morgan fingerprint density at radius 3 is 2.28 bits per heavy atom. The molecule has 0 spiro atoms. The summed E-state index contributed by atoms with van der Waals surface area (Å²) in [5, 5.41) is 8.72. The van der Waals surface area contributed by atoms with Crippen LogP contribution >= 0.6 is 0 Å². The maximum Gasteiger partial charge on any atom is 0.155 e.